The number of rotatable bonds is 3. The SMILES string of the molecule is Cc1c(C(=O)NC2CC2)cccc1-n1c(C)nc2cccnc21. The van der Waals surface area contributed by atoms with Crippen molar-refractivity contribution in [1.82, 2.24) is 19.9 Å². The minimum atomic E-state index is 0.00174. The number of nitrogens with zero attached hydrogens (tertiary/aromatic N) is 3. The lowest BCUT2D eigenvalue weighted by molar-refractivity contribution is 0.0950. The maximum Gasteiger partial charge on any atom is 0.251 e. The largest absolute Gasteiger partial charge is 0.349 e. The van der Waals surface area contributed by atoms with E-state index in [2.05, 4.69) is 15.3 Å². The van der Waals surface area contributed by atoms with Crippen LogP contribution in [0, 0.1) is 13.8 Å². The molecule has 0 aliphatic heterocycles. The molecule has 0 saturated heterocycles. The van der Waals surface area contributed by atoms with Gasteiger partial charge in [0.05, 0.1) is 5.69 Å². The number of imidazole rings is 1. The molecular weight excluding hydrogens is 288 g/mol. The van der Waals surface area contributed by atoms with E-state index in [-0.39, 0.29) is 5.91 Å². The number of pyridine rings is 1. The predicted octanol–water partition coefficient (Wildman–Crippen LogP) is 2.93. The summed E-state index contributed by atoms with van der Waals surface area (Å²) in [7, 11) is 0. The van der Waals surface area contributed by atoms with Gasteiger partial charge in [0.1, 0.15) is 11.3 Å². The van der Waals surface area contributed by atoms with Crippen LogP contribution in [-0.4, -0.2) is 26.5 Å². The van der Waals surface area contributed by atoms with Crippen molar-refractivity contribution in [3.8, 4) is 5.69 Å². The molecule has 1 fully saturated rings. The number of aryl methyl sites for hydroxylation is 1. The second kappa shape index (κ2) is 5.19. The lowest BCUT2D eigenvalue weighted by atomic mass is 10.1. The zero-order valence-corrected chi connectivity index (χ0v) is 13.2. The molecule has 3 aromatic rings. The quantitative estimate of drug-likeness (QED) is 0.809. The van der Waals surface area contributed by atoms with E-state index < -0.39 is 0 Å². The summed E-state index contributed by atoms with van der Waals surface area (Å²) in [6.07, 6.45) is 3.93. The Morgan fingerprint density at radius 1 is 1.22 bits per heavy atom. The maximum atomic E-state index is 12.4. The molecular formula is C18H18N4O. The summed E-state index contributed by atoms with van der Waals surface area (Å²) in [5.74, 6) is 0.864. The number of amides is 1. The van der Waals surface area contributed by atoms with Crippen molar-refractivity contribution in [1.29, 1.82) is 0 Å². The molecule has 116 valence electrons. The number of nitrogens with one attached hydrogen (secondary N) is 1. The number of benzene rings is 1. The Bertz CT molecular complexity index is 909. The minimum absolute atomic E-state index is 0.00174. The van der Waals surface area contributed by atoms with E-state index in [0.29, 0.717) is 11.6 Å². The highest BCUT2D eigenvalue weighted by Crippen LogP contribution is 2.25. The topological polar surface area (TPSA) is 59.8 Å². The highest BCUT2D eigenvalue weighted by molar-refractivity contribution is 5.97. The lowest BCUT2D eigenvalue weighted by Crippen LogP contribution is -2.26. The molecule has 5 heteroatoms. The second-order valence-corrected chi connectivity index (χ2v) is 6.04. The third-order valence-electron chi connectivity index (χ3n) is 4.29. The van der Waals surface area contributed by atoms with E-state index in [1.165, 1.54) is 0 Å². The first-order valence-corrected chi connectivity index (χ1v) is 7.86. The van der Waals surface area contributed by atoms with Crippen LogP contribution in [0.15, 0.2) is 36.5 Å². The predicted molar refractivity (Wildman–Crippen MR) is 88.8 cm³/mol. The average molecular weight is 306 g/mol. The normalized spacial score (nSPS) is 14.2. The Morgan fingerprint density at radius 2 is 2.04 bits per heavy atom. The van der Waals surface area contributed by atoms with Gasteiger partial charge in [0, 0.05) is 17.8 Å². The molecule has 0 atom stereocenters. The third-order valence-corrected chi connectivity index (χ3v) is 4.29. The molecule has 5 nitrogen and oxygen atoms in total. The summed E-state index contributed by atoms with van der Waals surface area (Å²) < 4.78 is 2.01. The zero-order valence-electron chi connectivity index (χ0n) is 13.2. The van der Waals surface area contributed by atoms with Crippen molar-refractivity contribution in [2.24, 2.45) is 0 Å². The lowest BCUT2D eigenvalue weighted by Gasteiger charge is -2.13. The molecule has 0 radical (unpaired) electrons. The third kappa shape index (κ3) is 2.38. The van der Waals surface area contributed by atoms with Crippen LogP contribution in [0.2, 0.25) is 0 Å². The van der Waals surface area contributed by atoms with Gasteiger partial charge in [0.15, 0.2) is 5.65 Å². The molecule has 1 aliphatic carbocycles. The van der Waals surface area contributed by atoms with Crippen LogP contribution in [0.4, 0.5) is 0 Å². The fourth-order valence-electron chi connectivity index (χ4n) is 2.92. The molecule has 4 rings (SSSR count). The Kier molecular flexibility index (Phi) is 3.15. The molecule has 2 heterocycles. The van der Waals surface area contributed by atoms with Gasteiger partial charge in [0.25, 0.3) is 5.91 Å². The number of fused-ring (bicyclic) bond motifs is 1. The van der Waals surface area contributed by atoms with E-state index in [4.69, 9.17) is 0 Å². The van der Waals surface area contributed by atoms with Gasteiger partial charge in [-0.3, -0.25) is 9.36 Å². The molecule has 1 aromatic carbocycles. The number of aromatic nitrogens is 3. The Morgan fingerprint density at radius 3 is 2.83 bits per heavy atom. The van der Waals surface area contributed by atoms with E-state index in [1.807, 2.05) is 48.7 Å². The second-order valence-electron chi connectivity index (χ2n) is 6.04. The number of carbonyl (C=O) groups excluding carboxylic acids is 1. The highest BCUT2D eigenvalue weighted by Gasteiger charge is 2.25. The van der Waals surface area contributed by atoms with Crippen LogP contribution in [0.1, 0.15) is 34.6 Å². The molecule has 0 bridgehead atoms. The fourth-order valence-corrected chi connectivity index (χ4v) is 2.92. The Balaban J connectivity index is 1.85. The molecule has 0 unspecified atom stereocenters. The van der Waals surface area contributed by atoms with Gasteiger partial charge in [-0.1, -0.05) is 6.07 Å². The molecule has 2 aromatic heterocycles. The molecule has 1 amide bonds. The van der Waals surface area contributed by atoms with Gasteiger partial charge in [-0.05, 0) is 56.5 Å². The number of hydrogen-bond donors (Lipinski definition) is 1. The zero-order chi connectivity index (χ0) is 16.0. The summed E-state index contributed by atoms with van der Waals surface area (Å²) >= 11 is 0. The van der Waals surface area contributed by atoms with E-state index in [0.717, 1.165) is 41.1 Å². The standard InChI is InChI=1S/C18H18N4O/c1-11-14(18(23)21-13-8-9-13)5-3-7-16(11)22-12(2)20-15-6-4-10-19-17(15)22/h3-7,10,13H,8-9H2,1-2H3,(H,21,23). The maximum absolute atomic E-state index is 12.4. The molecule has 1 aliphatic rings. The monoisotopic (exact) mass is 306 g/mol. The molecule has 1 N–H and O–H groups in total. The van der Waals surface area contributed by atoms with Crippen LogP contribution >= 0.6 is 0 Å². The average Bonchev–Trinajstić information content (AvgIpc) is 3.28. The van der Waals surface area contributed by atoms with Gasteiger partial charge in [-0.15, -0.1) is 0 Å². The summed E-state index contributed by atoms with van der Waals surface area (Å²) in [5.41, 5.74) is 4.28. The van der Waals surface area contributed by atoms with Crippen LogP contribution < -0.4 is 5.32 Å². The van der Waals surface area contributed by atoms with Crippen LogP contribution in [-0.2, 0) is 0 Å². The van der Waals surface area contributed by atoms with Crippen molar-refractivity contribution < 1.29 is 4.79 Å². The van der Waals surface area contributed by atoms with Crippen molar-refractivity contribution in [3.05, 3.63) is 53.5 Å². The summed E-state index contributed by atoms with van der Waals surface area (Å²) in [6.45, 7) is 3.93. The van der Waals surface area contributed by atoms with Gasteiger partial charge < -0.3 is 5.32 Å². The minimum Gasteiger partial charge on any atom is -0.349 e. The van der Waals surface area contributed by atoms with E-state index in [1.54, 1.807) is 6.20 Å². The highest BCUT2D eigenvalue weighted by atomic mass is 16.1. The fraction of sp³-hybridized carbons (Fsp3) is 0.278. The molecule has 0 spiro atoms. The molecule has 1 saturated carbocycles. The van der Waals surface area contributed by atoms with Crippen LogP contribution in [0.5, 0.6) is 0 Å². The first-order chi connectivity index (χ1) is 11.1. The summed E-state index contributed by atoms with van der Waals surface area (Å²) in [6, 6.07) is 9.97. The molecule has 23 heavy (non-hydrogen) atoms. The Labute approximate surface area is 134 Å². The first-order valence-electron chi connectivity index (χ1n) is 7.86. The Hall–Kier alpha value is -2.69. The number of hydrogen-bond acceptors (Lipinski definition) is 3. The number of carbonyl (C=O) groups is 1. The van der Waals surface area contributed by atoms with Gasteiger partial charge in [-0.2, -0.15) is 0 Å². The van der Waals surface area contributed by atoms with Crippen LogP contribution in [0.3, 0.4) is 0 Å². The van der Waals surface area contributed by atoms with Crippen molar-refractivity contribution in [3.63, 3.8) is 0 Å². The van der Waals surface area contributed by atoms with Gasteiger partial charge in [-0.25, -0.2) is 9.97 Å². The van der Waals surface area contributed by atoms with Crippen LogP contribution in [0.25, 0.3) is 16.9 Å². The van der Waals surface area contributed by atoms with Gasteiger partial charge >= 0.3 is 0 Å². The summed E-state index contributed by atoms with van der Waals surface area (Å²) in [5, 5.41) is 3.06. The van der Waals surface area contributed by atoms with Gasteiger partial charge in [0.2, 0.25) is 0 Å². The smallest absolute Gasteiger partial charge is 0.251 e. The summed E-state index contributed by atoms with van der Waals surface area (Å²) in [4.78, 5) is 21.5. The van der Waals surface area contributed by atoms with E-state index >= 15 is 0 Å². The van der Waals surface area contributed by atoms with Crippen molar-refractivity contribution >= 4 is 17.1 Å². The van der Waals surface area contributed by atoms with Crippen molar-refractivity contribution in [2.75, 3.05) is 0 Å². The first kappa shape index (κ1) is 13.9. The van der Waals surface area contributed by atoms with E-state index in [9.17, 15) is 4.79 Å². The van der Waals surface area contributed by atoms with Crippen molar-refractivity contribution in [2.45, 2.75) is 32.7 Å².